The molecule has 6 nitrogen and oxygen atoms in total. The van der Waals surface area contributed by atoms with Gasteiger partial charge in [0.25, 0.3) is 0 Å². The van der Waals surface area contributed by atoms with E-state index >= 15 is 0 Å². The predicted molar refractivity (Wildman–Crippen MR) is 121 cm³/mol. The van der Waals surface area contributed by atoms with Gasteiger partial charge in [-0.3, -0.25) is 0 Å². The fraction of sp³-hybridized carbons (Fsp3) is 0.240. The Hall–Kier alpha value is -3.39. The third kappa shape index (κ3) is 5.17. The zero-order valence-electron chi connectivity index (χ0n) is 18.7. The highest BCUT2D eigenvalue weighted by molar-refractivity contribution is 7.91. The molecule has 174 valence electrons. The van der Waals surface area contributed by atoms with Crippen LogP contribution in [0.15, 0.2) is 64.4 Å². The molecule has 8 heteroatoms. The molecule has 0 saturated carbocycles. The highest BCUT2D eigenvalue weighted by Crippen LogP contribution is 2.32. The summed E-state index contributed by atoms with van der Waals surface area (Å²) in [6.07, 6.45) is 0.381. The monoisotopic (exact) mass is 472 g/mol. The smallest absolute Gasteiger partial charge is 0.347 e. The maximum absolute atomic E-state index is 13.2. The van der Waals surface area contributed by atoms with Gasteiger partial charge >= 0.3 is 5.97 Å². The lowest BCUT2D eigenvalue weighted by Crippen LogP contribution is -2.37. The van der Waals surface area contributed by atoms with Crippen LogP contribution < -0.4 is 4.74 Å². The number of hydrogen-bond donors (Lipinski definition) is 2. The fourth-order valence-corrected chi connectivity index (χ4v) is 4.86. The number of carboxylic acids is 1. The minimum Gasteiger partial charge on any atom is -0.507 e. The maximum atomic E-state index is 13.2. The van der Waals surface area contributed by atoms with Crippen LogP contribution in [0, 0.1) is 19.7 Å². The van der Waals surface area contributed by atoms with Crippen LogP contribution >= 0.6 is 0 Å². The number of aryl methyl sites for hydroxylation is 2. The quantitative estimate of drug-likeness (QED) is 0.479. The normalized spacial score (nSPS) is 11.9. The largest absolute Gasteiger partial charge is 0.507 e. The molecule has 2 N–H and O–H groups in total. The number of aliphatic carboxylic acids is 1. The van der Waals surface area contributed by atoms with Gasteiger partial charge in [-0.2, -0.15) is 0 Å². The first-order chi connectivity index (χ1) is 15.3. The number of ether oxygens (including phenoxy) is 1. The van der Waals surface area contributed by atoms with Crippen molar-refractivity contribution in [2.24, 2.45) is 0 Å². The first-order valence-electron chi connectivity index (χ1n) is 10.2. The van der Waals surface area contributed by atoms with E-state index in [-0.39, 0.29) is 9.79 Å². The van der Waals surface area contributed by atoms with Crippen LogP contribution in [0.5, 0.6) is 11.5 Å². The van der Waals surface area contributed by atoms with Crippen molar-refractivity contribution >= 4 is 15.8 Å². The number of carboxylic acid groups (broad SMARTS) is 1. The molecule has 0 aliphatic carbocycles. The number of halogens is 1. The third-order valence-corrected chi connectivity index (χ3v) is 7.17. The molecule has 0 aliphatic heterocycles. The molecule has 3 aromatic carbocycles. The van der Waals surface area contributed by atoms with Crippen molar-refractivity contribution in [2.75, 3.05) is 0 Å². The van der Waals surface area contributed by atoms with Gasteiger partial charge in [-0.1, -0.05) is 6.07 Å². The van der Waals surface area contributed by atoms with Gasteiger partial charge in [0.05, 0.1) is 4.90 Å². The second-order valence-corrected chi connectivity index (χ2v) is 10.3. The number of phenols is 1. The molecular weight excluding hydrogens is 447 g/mol. The summed E-state index contributed by atoms with van der Waals surface area (Å²) >= 11 is 0. The van der Waals surface area contributed by atoms with Gasteiger partial charge in [0.15, 0.2) is 5.60 Å². The molecule has 0 spiro atoms. The second kappa shape index (κ2) is 8.86. The molecule has 0 unspecified atom stereocenters. The number of phenolic OH excluding ortho intramolecular Hbond substituents is 1. The highest BCUT2D eigenvalue weighted by atomic mass is 32.2. The SMILES string of the molecule is Cc1cc(OC(C)(C)C(=O)O)cc(C)c1Cc1ccc(O)c(S(=O)(=O)c2ccc(F)cc2)c1. The third-order valence-electron chi connectivity index (χ3n) is 5.38. The van der Waals surface area contributed by atoms with E-state index in [0.717, 1.165) is 41.0 Å². The maximum Gasteiger partial charge on any atom is 0.347 e. The lowest BCUT2D eigenvalue weighted by molar-refractivity contribution is -0.152. The molecule has 0 atom stereocenters. The summed E-state index contributed by atoms with van der Waals surface area (Å²) < 4.78 is 44.8. The minimum absolute atomic E-state index is 0.119. The number of sulfone groups is 1. The van der Waals surface area contributed by atoms with Gasteiger partial charge in [0.2, 0.25) is 9.84 Å². The summed E-state index contributed by atoms with van der Waals surface area (Å²) in [6, 6.07) is 12.3. The van der Waals surface area contributed by atoms with Gasteiger partial charge in [-0.05, 0) is 105 Å². The van der Waals surface area contributed by atoms with Crippen molar-refractivity contribution in [3.05, 3.63) is 82.7 Å². The van der Waals surface area contributed by atoms with Gasteiger partial charge in [0, 0.05) is 0 Å². The molecule has 0 radical (unpaired) electrons. The standard InChI is InChI=1S/C25H25FO6S/c1-15-11-19(32-25(3,4)24(28)29)12-16(2)21(15)13-17-5-10-22(27)23(14-17)33(30,31)20-8-6-18(26)7-9-20/h5-12,14,27H,13H2,1-4H3,(H,28,29). The average Bonchev–Trinajstić information content (AvgIpc) is 2.71. The van der Waals surface area contributed by atoms with Crippen LogP contribution in [0.25, 0.3) is 0 Å². The van der Waals surface area contributed by atoms with E-state index in [1.54, 1.807) is 18.2 Å². The van der Waals surface area contributed by atoms with Crippen LogP contribution in [0.4, 0.5) is 4.39 Å². The van der Waals surface area contributed by atoms with Crippen LogP contribution in [-0.4, -0.2) is 30.2 Å². The number of carbonyl (C=O) groups is 1. The number of rotatable bonds is 7. The molecule has 0 bridgehead atoms. The summed E-state index contributed by atoms with van der Waals surface area (Å²) in [7, 11) is -4.05. The van der Waals surface area contributed by atoms with Crippen LogP contribution in [0.3, 0.4) is 0 Å². The van der Waals surface area contributed by atoms with E-state index in [1.165, 1.54) is 26.0 Å². The van der Waals surface area contributed by atoms with Crippen molar-refractivity contribution < 1.29 is 32.6 Å². The van der Waals surface area contributed by atoms with Crippen molar-refractivity contribution in [1.29, 1.82) is 0 Å². The molecular formula is C25H25FO6S. The molecule has 3 aromatic rings. The lowest BCUT2D eigenvalue weighted by atomic mass is 9.95. The second-order valence-electron chi connectivity index (χ2n) is 8.39. The Balaban J connectivity index is 1.95. The summed E-state index contributed by atoms with van der Waals surface area (Å²) in [6.45, 7) is 6.65. The van der Waals surface area contributed by atoms with E-state index in [2.05, 4.69) is 0 Å². The zero-order valence-corrected chi connectivity index (χ0v) is 19.5. The average molecular weight is 473 g/mol. The number of hydrogen-bond acceptors (Lipinski definition) is 5. The summed E-state index contributed by atoms with van der Waals surface area (Å²) in [5, 5.41) is 19.5. The minimum atomic E-state index is -4.05. The van der Waals surface area contributed by atoms with Crippen LogP contribution in [-0.2, 0) is 21.1 Å². The van der Waals surface area contributed by atoms with Crippen molar-refractivity contribution in [3.8, 4) is 11.5 Å². The van der Waals surface area contributed by atoms with Crippen LogP contribution in [0.1, 0.15) is 36.1 Å². The van der Waals surface area contributed by atoms with Gasteiger partial charge in [0.1, 0.15) is 22.2 Å². The predicted octanol–water partition coefficient (Wildman–Crippen LogP) is 4.81. The Morgan fingerprint density at radius 2 is 1.58 bits per heavy atom. The highest BCUT2D eigenvalue weighted by Gasteiger charge is 2.29. The van der Waals surface area contributed by atoms with Gasteiger partial charge in [-0.15, -0.1) is 0 Å². The van der Waals surface area contributed by atoms with Crippen molar-refractivity contribution in [1.82, 2.24) is 0 Å². The molecule has 33 heavy (non-hydrogen) atoms. The number of aromatic hydroxyl groups is 1. The Morgan fingerprint density at radius 3 is 2.12 bits per heavy atom. The summed E-state index contributed by atoms with van der Waals surface area (Å²) in [5.41, 5.74) is 1.89. The van der Waals surface area contributed by atoms with Crippen molar-refractivity contribution in [2.45, 2.75) is 49.5 Å². The summed E-state index contributed by atoms with van der Waals surface area (Å²) in [4.78, 5) is 11.0. The number of benzene rings is 3. The van der Waals surface area contributed by atoms with E-state index in [1.807, 2.05) is 13.8 Å². The van der Waals surface area contributed by atoms with Crippen LogP contribution in [0.2, 0.25) is 0 Å². The topological polar surface area (TPSA) is 101 Å². The Labute approximate surface area is 192 Å². The van der Waals surface area contributed by atoms with E-state index in [4.69, 9.17) is 4.74 Å². The fourth-order valence-electron chi connectivity index (χ4n) is 3.46. The summed E-state index contributed by atoms with van der Waals surface area (Å²) in [5.74, 6) is -1.61. The first kappa shape index (κ1) is 24.3. The molecule has 0 aliphatic rings. The zero-order chi connectivity index (χ0) is 24.6. The van der Waals surface area contributed by atoms with E-state index in [0.29, 0.717) is 17.7 Å². The van der Waals surface area contributed by atoms with E-state index in [9.17, 15) is 27.8 Å². The molecule has 0 aromatic heterocycles. The van der Waals surface area contributed by atoms with E-state index < -0.39 is 33.0 Å². The molecule has 0 saturated heterocycles. The molecule has 0 fully saturated rings. The van der Waals surface area contributed by atoms with Gasteiger partial charge < -0.3 is 14.9 Å². The first-order valence-corrected chi connectivity index (χ1v) is 11.6. The Kier molecular flexibility index (Phi) is 6.51. The Morgan fingerprint density at radius 1 is 1.00 bits per heavy atom. The molecule has 0 amide bonds. The Bertz CT molecular complexity index is 1290. The lowest BCUT2D eigenvalue weighted by Gasteiger charge is -2.23. The van der Waals surface area contributed by atoms with Crippen molar-refractivity contribution in [3.63, 3.8) is 0 Å². The van der Waals surface area contributed by atoms with Gasteiger partial charge in [-0.25, -0.2) is 17.6 Å². The molecule has 3 rings (SSSR count). The molecule has 0 heterocycles.